The summed E-state index contributed by atoms with van der Waals surface area (Å²) in [6.45, 7) is 3.81. The van der Waals surface area contributed by atoms with Crippen LogP contribution in [0, 0.1) is 6.92 Å². The number of rotatable bonds is 13. The average Bonchev–Trinajstić information content (AvgIpc) is 3.25. The minimum Gasteiger partial charge on any atom is -0.497 e. The third kappa shape index (κ3) is 7.25. The minimum atomic E-state index is -0.689. The van der Waals surface area contributed by atoms with E-state index in [2.05, 4.69) is 15.6 Å². The van der Waals surface area contributed by atoms with Crippen LogP contribution in [0.4, 0.5) is 5.69 Å². The van der Waals surface area contributed by atoms with Gasteiger partial charge in [-0.15, -0.1) is 0 Å². The number of ketones is 1. The third-order valence-corrected chi connectivity index (χ3v) is 7.18. The maximum Gasteiger partial charge on any atom is 0.246 e. The van der Waals surface area contributed by atoms with Crippen LogP contribution in [0.5, 0.6) is 5.75 Å². The molecule has 1 atom stereocenters. The van der Waals surface area contributed by atoms with E-state index in [1.807, 2.05) is 74.5 Å². The summed E-state index contributed by atoms with van der Waals surface area (Å²) in [5.74, 6) is 0.499. The Kier molecular flexibility index (Phi) is 9.36. The Balaban J connectivity index is 1.46. The van der Waals surface area contributed by atoms with E-state index in [4.69, 9.17) is 4.74 Å². The van der Waals surface area contributed by atoms with Gasteiger partial charge in [-0.1, -0.05) is 50.1 Å². The number of amides is 2. The molecule has 0 fully saturated rings. The number of benzene rings is 3. The number of aromatic nitrogens is 1. The van der Waals surface area contributed by atoms with Gasteiger partial charge in [0.1, 0.15) is 17.6 Å². The van der Waals surface area contributed by atoms with E-state index in [9.17, 15) is 14.4 Å². The first-order valence-corrected chi connectivity index (χ1v) is 13.6. The van der Waals surface area contributed by atoms with Crippen LogP contribution in [0.15, 0.2) is 60.7 Å². The zero-order valence-corrected chi connectivity index (χ0v) is 22.9. The normalized spacial score (nSPS) is 11.9. The fourth-order valence-electron chi connectivity index (χ4n) is 4.91. The quantitative estimate of drug-likeness (QED) is 0.179. The standard InChI is InChI=1S/C32H37N3O4/c1-4-25(36)12-6-5-7-13-30(32(38)34-24-15-14-22-10-8-9-11-23(22)18-24)35-31(37)20-27-21(2)33-29-17-16-26(39-3)19-28(27)29/h8-11,14-19,30,33H,4-7,12-13,20H2,1-3H3,(H,34,38)(H,35,37)/t30-/m0/s1. The number of aryl methyl sites for hydroxylation is 1. The van der Waals surface area contributed by atoms with E-state index < -0.39 is 6.04 Å². The van der Waals surface area contributed by atoms with Crippen molar-refractivity contribution in [3.8, 4) is 5.75 Å². The summed E-state index contributed by atoms with van der Waals surface area (Å²) >= 11 is 0. The maximum atomic E-state index is 13.4. The number of aromatic amines is 1. The van der Waals surface area contributed by atoms with Gasteiger partial charge in [0.15, 0.2) is 0 Å². The number of hydrogen-bond donors (Lipinski definition) is 3. The second-order valence-corrected chi connectivity index (χ2v) is 9.98. The van der Waals surface area contributed by atoms with Crippen LogP contribution in [0.2, 0.25) is 0 Å². The first kappa shape index (κ1) is 27.9. The molecule has 0 unspecified atom stereocenters. The minimum absolute atomic E-state index is 0.143. The van der Waals surface area contributed by atoms with E-state index in [1.54, 1.807) is 7.11 Å². The van der Waals surface area contributed by atoms with Gasteiger partial charge in [-0.2, -0.15) is 0 Å². The molecule has 4 rings (SSSR count). The van der Waals surface area contributed by atoms with Crippen LogP contribution in [0.3, 0.4) is 0 Å². The predicted octanol–water partition coefficient (Wildman–Crippen LogP) is 6.23. The SMILES string of the molecule is CCC(=O)CCCCC[C@H](NC(=O)Cc1c(C)[nH]c2ccc(OC)cc12)C(=O)Nc1ccc2ccccc2c1. The van der Waals surface area contributed by atoms with E-state index >= 15 is 0 Å². The van der Waals surface area contributed by atoms with Crippen LogP contribution in [0.25, 0.3) is 21.7 Å². The fourth-order valence-corrected chi connectivity index (χ4v) is 4.91. The molecule has 1 heterocycles. The molecule has 7 nitrogen and oxygen atoms in total. The zero-order chi connectivity index (χ0) is 27.8. The number of methoxy groups -OCH3 is 1. The number of nitrogens with one attached hydrogen (secondary N) is 3. The number of unbranched alkanes of at least 4 members (excludes halogenated alkanes) is 2. The molecule has 0 spiro atoms. The Labute approximate surface area is 229 Å². The number of carbonyl (C=O) groups is 3. The highest BCUT2D eigenvalue weighted by molar-refractivity contribution is 5.99. The van der Waals surface area contributed by atoms with E-state index in [0.717, 1.165) is 57.9 Å². The molecule has 4 aromatic rings. The summed E-state index contributed by atoms with van der Waals surface area (Å²) in [6, 6.07) is 18.8. The van der Waals surface area contributed by atoms with Crippen molar-refractivity contribution in [3.63, 3.8) is 0 Å². The molecule has 3 N–H and O–H groups in total. The Morgan fingerprint density at radius 3 is 2.51 bits per heavy atom. The fraction of sp³-hybridized carbons (Fsp3) is 0.344. The maximum absolute atomic E-state index is 13.4. The van der Waals surface area contributed by atoms with Crippen LogP contribution in [-0.4, -0.2) is 35.7 Å². The molecule has 0 saturated carbocycles. The highest BCUT2D eigenvalue weighted by atomic mass is 16.5. The lowest BCUT2D eigenvalue weighted by Gasteiger charge is -2.19. The lowest BCUT2D eigenvalue weighted by Crippen LogP contribution is -2.44. The van der Waals surface area contributed by atoms with Crippen molar-refractivity contribution in [3.05, 3.63) is 71.9 Å². The predicted molar refractivity (Wildman–Crippen MR) is 156 cm³/mol. The van der Waals surface area contributed by atoms with Gasteiger partial charge >= 0.3 is 0 Å². The summed E-state index contributed by atoms with van der Waals surface area (Å²) in [7, 11) is 1.62. The van der Waals surface area contributed by atoms with Crippen LogP contribution in [0.1, 0.15) is 56.7 Å². The van der Waals surface area contributed by atoms with Crippen molar-refractivity contribution in [1.82, 2.24) is 10.3 Å². The number of ether oxygens (including phenoxy) is 1. The monoisotopic (exact) mass is 527 g/mol. The second-order valence-electron chi connectivity index (χ2n) is 9.98. The molecule has 3 aromatic carbocycles. The van der Waals surface area contributed by atoms with Gasteiger partial charge < -0.3 is 20.4 Å². The van der Waals surface area contributed by atoms with E-state index in [0.29, 0.717) is 24.9 Å². The Morgan fingerprint density at radius 1 is 0.949 bits per heavy atom. The van der Waals surface area contributed by atoms with Gasteiger partial charge in [-0.25, -0.2) is 0 Å². The average molecular weight is 528 g/mol. The largest absolute Gasteiger partial charge is 0.497 e. The topological polar surface area (TPSA) is 100 Å². The molecule has 0 aliphatic carbocycles. The van der Waals surface area contributed by atoms with E-state index in [1.165, 1.54) is 0 Å². The molecule has 1 aromatic heterocycles. The molecule has 7 heteroatoms. The Bertz CT molecular complexity index is 1470. The molecular formula is C32H37N3O4. The van der Waals surface area contributed by atoms with E-state index in [-0.39, 0.29) is 24.0 Å². The first-order valence-electron chi connectivity index (χ1n) is 13.6. The van der Waals surface area contributed by atoms with Crippen LogP contribution >= 0.6 is 0 Å². The van der Waals surface area contributed by atoms with Crippen molar-refractivity contribution in [2.75, 3.05) is 12.4 Å². The van der Waals surface area contributed by atoms with Gasteiger partial charge in [0.05, 0.1) is 13.5 Å². The number of H-pyrrole nitrogens is 1. The molecule has 39 heavy (non-hydrogen) atoms. The zero-order valence-electron chi connectivity index (χ0n) is 22.9. The molecule has 2 amide bonds. The van der Waals surface area contributed by atoms with Gasteiger partial charge in [0.25, 0.3) is 0 Å². The number of hydrogen-bond acceptors (Lipinski definition) is 4. The van der Waals surface area contributed by atoms with Gasteiger partial charge in [0, 0.05) is 35.1 Å². The molecule has 0 radical (unpaired) electrons. The second kappa shape index (κ2) is 13.1. The molecule has 0 saturated heterocycles. The smallest absolute Gasteiger partial charge is 0.246 e. The lowest BCUT2D eigenvalue weighted by atomic mass is 10.0. The highest BCUT2D eigenvalue weighted by Crippen LogP contribution is 2.27. The molecular weight excluding hydrogens is 490 g/mol. The summed E-state index contributed by atoms with van der Waals surface area (Å²) < 4.78 is 5.37. The van der Waals surface area contributed by atoms with Gasteiger partial charge in [-0.05, 0) is 66.4 Å². The van der Waals surface area contributed by atoms with Crippen molar-refractivity contribution >= 4 is 45.0 Å². The molecule has 204 valence electrons. The lowest BCUT2D eigenvalue weighted by molar-refractivity contribution is -0.126. The summed E-state index contributed by atoms with van der Waals surface area (Å²) in [4.78, 5) is 41.6. The van der Waals surface area contributed by atoms with Crippen molar-refractivity contribution in [1.29, 1.82) is 0 Å². The van der Waals surface area contributed by atoms with Gasteiger partial charge in [0.2, 0.25) is 11.8 Å². The summed E-state index contributed by atoms with van der Waals surface area (Å²) in [5, 5.41) is 9.02. The molecule has 0 aliphatic rings. The number of Topliss-reactive ketones (excluding diaryl/α,β-unsaturated/α-hetero) is 1. The van der Waals surface area contributed by atoms with Crippen molar-refractivity contribution < 1.29 is 19.1 Å². The van der Waals surface area contributed by atoms with Gasteiger partial charge in [-0.3, -0.25) is 14.4 Å². The first-order chi connectivity index (χ1) is 18.9. The van der Waals surface area contributed by atoms with Crippen molar-refractivity contribution in [2.24, 2.45) is 0 Å². The third-order valence-electron chi connectivity index (χ3n) is 7.18. The summed E-state index contributed by atoms with van der Waals surface area (Å²) in [5.41, 5.74) is 3.41. The Hall–Kier alpha value is -4.13. The number of carbonyl (C=O) groups excluding carboxylic acids is 3. The number of anilines is 1. The van der Waals surface area contributed by atoms with Crippen molar-refractivity contribution in [2.45, 2.75) is 64.8 Å². The number of fused-ring (bicyclic) bond motifs is 2. The molecule has 0 bridgehead atoms. The van der Waals surface area contributed by atoms with Crippen LogP contribution in [-0.2, 0) is 20.8 Å². The molecule has 0 aliphatic heterocycles. The summed E-state index contributed by atoms with van der Waals surface area (Å²) in [6.07, 6.45) is 4.08. The Morgan fingerprint density at radius 2 is 1.74 bits per heavy atom. The highest BCUT2D eigenvalue weighted by Gasteiger charge is 2.22. The van der Waals surface area contributed by atoms with Crippen LogP contribution < -0.4 is 15.4 Å².